The Labute approximate surface area is 112 Å². The van der Waals surface area contributed by atoms with Crippen LogP contribution in [-0.4, -0.2) is 6.10 Å². The average molecular weight is 257 g/mol. The predicted octanol–water partition coefficient (Wildman–Crippen LogP) is 3.49. The van der Waals surface area contributed by atoms with E-state index in [0.717, 1.165) is 29.7 Å². The van der Waals surface area contributed by atoms with Crippen LogP contribution in [0.2, 0.25) is 0 Å². The zero-order valence-electron chi connectivity index (χ0n) is 10.6. The Morgan fingerprint density at radius 2 is 1.74 bits per heavy atom. The molecular formula is C16H16FNO. The molecule has 0 aromatic heterocycles. The van der Waals surface area contributed by atoms with Crippen molar-refractivity contribution in [3.8, 4) is 16.9 Å². The summed E-state index contributed by atoms with van der Waals surface area (Å²) in [6, 6.07) is 12.9. The largest absolute Gasteiger partial charge is 0.490 e. The van der Waals surface area contributed by atoms with Crippen LogP contribution >= 0.6 is 0 Å². The summed E-state index contributed by atoms with van der Waals surface area (Å²) < 4.78 is 19.1. The molecule has 0 amide bonds. The lowest BCUT2D eigenvalue weighted by Crippen LogP contribution is -1.99. The van der Waals surface area contributed by atoms with E-state index in [0.29, 0.717) is 11.7 Å². The third kappa shape index (κ3) is 2.76. The fourth-order valence-corrected chi connectivity index (χ4v) is 2.02. The number of hydrogen-bond donors (Lipinski definition) is 1. The third-order valence-corrected chi connectivity index (χ3v) is 3.28. The van der Waals surface area contributed by atoms with Crippen LogP contribution in [0.15, 0.2) is 42.5 Å². The van der Waals surface area contributed by atoms with Crippen LogP contribution in [0, 0.1) is 5.82 Å². The molecule has 98 valence electrons. The van der Waals surface area contributed by atoms with E-state index in [1.165, 1.54) is 6.07 Å². The zero-order chi connectivity index (χ0) is 13.2. The van der Waals surface area contributed by atoms with Gasteiger partial charge in [0, 0.05) is 12.1 Å². The highest BCUT2D eigenvalue weighted by molar-refractivity contribution is 5.65. The molecule has 0 aliphatic heterocycles. The van der Waals surface area contributed by atoms with Gasteiger partial charge in [0.05, 0.1) is 6.10 Å². The average Bonchev–Trinajstić information content (AvgIpc) is 3.24. The molecule has 0 atom stereocenters. The number of rotatable bonds is 4. The molecule has 3 rings (SSSR count). The molecule has 2 nitrogen and oxygen atoms in total. The second-order valence-electron chi connectivity index (χ2n) is 4.85. The van der Waals surface area contributed by atoms with Gasteiger partial charge in [0.25, 0.3) is 0 Å². The monoisotopic (exact) mass is 257 g/mol. The Kier molecular flexibility index (Phi) is 3.22. The first-order valence-electron chi connectivity index (χ1n) is 6.52. The van der Waals surface area contributed by atoms with E-state index in [4.69, 9.17) is 10.5 Å². The number of halogens is 1. The molecular weight excluding hydrogens is 241 g/mol. The van der Waals surface area contributed by atoms with Gasteiger partial charge in [0.15, 0.2) is 0 Å². The highest BCUT2D eigenvalue weighted by Gasteiger charge is 2.23. The van der Waals surface area contributed by atoms with E-state index in [-0.39, 0.29) is 12.4 Å². The van der Waals surface area contributed by atoms with Gasteiger partial charge in [0.2, 0.25) is 0 Å². The molecule has 2 aromatic rings. The second kappa shape index (κ2) is 5.02. The molecule has 0 radical (unpaired) electrons. The number of hydrogen-bond acceptors (Lipinski definition) is 2. The molecule has 2 N–H and O–H groups in total. The van der Waals surface area contributed by atoms with Crippen molar-refractivity contribution >= 4 is 0 Å². The summed E-state index contributed by atoms with van der Waals surface area (Å²) in [6.45, 7) is 0.211. The van der Waals surface area contributed by atoms with Crippen molar-refractivity contribution in [2.45, 2.75) is 25.5 Å². The summed E-state index contributed by atoms with van der Waals surface area (Å²) in [7, 11) is 0. The van der Waals surface area contributed by atoms with Gasteiger partial charge in [0.1, 0.15) is 11.6 Å². The van der Waals surface area contributed by atoms with E-state index >= 15 is 0 Å². The summed E-state index contributed by atoms with van der Waals surface area (Å²) >= 11 is 0. The topological polar surface area (TPSA) is 35.2 Å². The fraction of sp³-hybridized carbons (Fsp3) is 0.250. The second-order valence-corrected chi connectivity index (χ2v) is 4.85. The molecule has 3 heteroatoms. The van der Waals surface area contributed by atoms with Crippen LogP contribution in [-0.2, 0) is 6.54 Å². The summed E-state index contributed by atoms with van der Waals surface area (Å²) in [5.41, 5.74) is 8.07. The lowest BCUT2D eigenvalue weighted by molar-refractivity contribution is 0.303. The van der Waals surface area contributed by atoms with E-state index in [9.17, 15) is 4.39 Å². The standard InChI is InChI=1S/C16H16FNO/c17-16-8-3-12(9-13(16)10-18)11-1-4-14(5-2-11)19-15-6-7-15/h1-5,8-9,15H,6-7,10,18H2. The normalized spacial score (nSPS) is 14.4. The van der Waals surface area contributed by atoms with Crippen LogP contribution < -0.4 is 10.5 Å². The molecule has 0 spiro atoms. The van der Waals surface area contributed by atoms with E-state index < -0.39 is 0 Å². The van der Waals surface area contributed by atoms with Gasteiger partial charge in [-0.05, 0) is 48.2 Å². The molecule has 1 fully saturated rings. The van der Waals surface area contributed by atoms with Crippen LogP contribution in [0.1, 0.15) is 18.4 Å². The minimum absolute atomic E-state index is 0.211. The summed E-state index contributed by atoms with van der Waals surface area (Å²) in [6.07, 6.45) is 2.71. The maximum atomic E-state index is 13.4. The van der Waals surface area contributed by atoms with Gasteiger partial charge in [-0.1, -0.05) is 18.2 Å². The molecule has 1 saturated carbocycles. The van der Waals surface area contributed by atoms with E-state index in [2.05, 4.69) is 0 Å². The van der Waals surface area contributed by atoms with Gasteiger partial charge in [-0.3, -0.25) is 0 Å². The zero-order valence-corrected chi connectivity index (χ0v) is 10.6. The minimum Gasteiger partial charge on any atom is -0.490 e. The van der Waals surface area contributed by atoms with Crippen molar-refractivity contribution in [3.63, 3.8) is 0 Å². The van der Waals surface area contributed by atoms with Gasteiger partial charge in [-0.2, -0.15) is 0 Å². The van der Waals surface area contributed by atoms with Crippen molar-refractivity contribution < 1.29 is 9.13 Å². The van der Waals surface area contributed by atoms with Crippen molar-refractivity contribution in [2.75, 3.05) is 0 Å². The van der Waals surface area contributed by atoms with Gasteiger partial charge in [-0.25, -0.2) is 4.39 Å². The number of nitrogens with two attached hydrogens (primary N) is 1. The minimum atomic E-state index is -0.250. The van der Waals surface area contributed by atoms with Crippen molar-refractivity contribution in [3.05, 3.63) is 53.8 Å². The Morgan fingerprint density at radius 3 is 2.37 bits per heavy atom. The molecule has 0 heterocycles. The maximum Gasteiger partial charge on any atom is 0.127 e. The highest BCUT2D eigenvalue weighted by atomic mass is 19.1. The Morgan fingerprint density at radius 1 is 1.05 bits per heavy atom. The molecule has 1 aliphatic rings. The van der Waals surface area contributed by atoms with Gasteiger partial charge < -0.3 is 10.5 Å². The highest BCUT2D eigenvalue weighted by Crippen LogP contribution is 2.29. The number of benzene rings is 2. The smallest absolute Gasteiger partial charge is 0.127 e. The van der Waals surface area contributed by atoms with E-state index in [1.54, 1.807) is 12.1 Å². The summed E-state index contributed by atoms with van der Waals surface area (Å²) in [5.74, 6) is 0.646. The predicted molar refractivity (Wildman–Crippen MR) is 73.4 cm³/mol. The van der Waals surface area contributed by atoms with Gasteiger partial charge >= 0.3 is 0 Å². The van der Waals surface area contributed by atoms with Crippen LogP contribution in [0.3, 0.4) is 0 Å². The summed E-state index contributed by atoms with van der Waals surface area (Å²) in [4.78, 5) is 0. The molecule has 1 aliphatic carbocycles. The van der Waals surface area contributed by atoms with Crippen LogP contribution in [0.25, 0.3) is 11.1 Å². The molecule has 0 unspecified atom stereocenters. The lowest BCUT2D eigenvalue weighted by Gasteiger charge is -2.08. The van der Waals surface area contributed by atoms with Gasteiger partial charge in [-0.15, -0.1) is 0 Å². The van der Waals surface area contributed by atoms with Crippen molar-refractivity contribution in [2.24, 2.45) is 5.73 Å². The van der Waals surface area contributed by atoms with Crippen LogP contribution in [0.5, 0.6) is 5.75 Å². The first kappa shape index (κ1) is 12.2. The van der Waals surface area contributed by atoms with E-state index in [1.807, 2.05) is 24.3 Å². The SMILES string of the molecule is NCc1cc(-c2ccc(OC3CC3)cc2)ccc1F. The summed E-state index contributed by atoms with van der Waals surface area (Å²) in [5, 5.41) is 0. The van der Waals surface area contributed by atoms with Crippen LogP contribution in [0.4, 0.5) is 4.39 Å². The third-order valence-electron chi connectivity index (χ3n) is 3.28. The Bertz CT molecular complexity index is 576. The first-order chi connectivity index (χ1) is 9.26. The first-order valence-corrected chi connectivity index (χ1v) is 6.52. The van der Waals surface area contributed by atoms with Crippen molar-refractivity contribution in [1.29, 1.82) is 0 Å². The molecule has 19 heavy (non-hydrogen) atoms. The molecule has 2 aromatic carbocycles. The van der Waals surface area contributed by atoms with Crippen molar-refractivity contribution in [1.82, 2.24) is 0 Å². The maximum absolute atomic E-state index is 13.4. The fourth-order valence-electron chi connectivity index (χ4n) is 2.02. The number of ether oxygens (including phenoxy) is 1. The molecule has 0 saturated heterocycles. The Hall–Kier alpha value is -1.87. The lowest BCUT2D eigenvalue weighted by atomic mass is 10.0. The quantitative estimate of drug-likeness (QED) is 0.910. The molecule has 0 bridgehead atoms. The Balaban J connectivity index is 1.84.